The average Bonchev–Trinajstić information content (AvgIpc) is 2.77. The molecule has 8 heteroatoms. The zero-order chi connectivity index (χ0) is 24.9. The van der Waals surface area contributed by atoms with Gasteiger partial charge < -0.3 is 4.79 Å². The van der Waals surface area contributed by atoms with Crippen LogP contribution in [0.3, 0.4) is 0 Å². The van der Waals surface area contributed by atoms with Crippen LogP contribution in [0.25, 0.3) is 11.3 Å². The minimum atomic E-state index is -0.233. The highest BCUT2D eigenvalue weighted by Gasteiger charge is 2.33. The van der Waals surface area contributed by atoms with Gasteiger partial charge in [-0.15, -0.1) is 0 Å². The molecule has 0 amide bonds. The van der Waals surface area contributed by atoms with Crippen LogP contribution in [0, 0.1) is 17.7 Å². The van der Waals surface area contributed by atoms with Crippen molar-refractivity contribution in [3.63, 3.8) is 0 Å². The number of carbonyl (C=O) groups is 1. The van der Waals surface area contributed by atoms with Crippen LogP contribution in [-0.4, -0.2) is 34.1 Å². The minimum absolute atomic E-state index is 0.153. The van der Waals surface area contributed by atoms with Crippen molar-refractivity contribution in [2.75, 3.05) is 19.2 Å². The quantitative estimate of drug-likeness (QED) is 0.477. The van der Waals surface area contributed by atoms with Gasteiger partial charge in [0.05, 0.1) is 18.5 Å². The first-order chi connectivity index (χ1) is 15.6. The molecule has 180 valence electrons. The summed E-state index contributed by atoms with van der Waals surface area (Å²) >= 11 is 2.83. The van der Waals surface area contributed by atoms with Gasteiger partial charge in [0.15, 0.2) is 12.5 Å². The number of rotatable bonds is 8. The Bertz CT molecular complexity index is 986. The lowest BCUT2D eigenvalue weighted by atomic mass is 9.71. The molecular weight excluding hydrogens is 441 g/mol. The van der Waals surface area contributed by atoms with E-state index in [0.29, 0.717) is 24.2 Å². The first-order valence-corrected chi connectivity index (χ1v) is 11.6. The highest BCUT2D eigenvalue weighted by molar-refractivity contribution is 7.44. The zero-order valence-electron chi connectivity index (χ0n) is 20.5. The number of hydrogen-bond acceptors (Lipinski definition) is 7. The molecule has 0 aliphatic heterocycles. The van der Waals surface area contributed by atoms with E-state index in [2.05, 4.69) is 40.2 Å². The summed E-state index contributed by atoms with van der Waals surface area (Å²) in [5.41, 5.74) is 4.97. The van der Waals surface area contributed by atoms with Gasteiger partial charge in [0.1, 0.15) is 11.6 Å². The summed E-state index contributed by atoms with van der Waals surface area (Å²) in [5, 5.41) is 1.55. The number of Topliss-reactive ketones (excluding diaryl/α,β-unsaturated/α-hetero) is 1. The van der Waals surface area contributed by atoms with E-state index in [0.717, 1.165) is 40.9 Å². The Hall–Kier alpha value is -2.32. The predicted molar refractivity (Wildman–Crippen MR) is 130 cm³/mol. The molecule has 2 aromatic rings. The molecule has 0 N–H and O–H groups in total. The van der Waals surface area contributed by atoms with Crippen LogP contribution in [0.4, 0.5) is 10.3 Å². The van der Waals surface area contributed by atoms with Crippen LogP contribution in [-0.2, 0) is 28.6 Å². The van der Waals surface area contributed by atoms with Crippen molar-refractivity contribution < 1.29 is 18.2 Å². The molecule has 1 aliphatic carbocycles. The molecule has 0 fully saturated rings. The van der Waals surface area contributed by atoms with Crippen LogP contribution in [0.2, 0.25) is 0 Å². The smallest absolute Gasteiger partial charge is 0.250 e. The fourth-order valence-corrected chi connectivity index (χ4v) is 4.88. The number of halogens is 1. The fraction of sp³-hybridized carbons (Fsp3) is 0.560. The highest BCUT2D eigenvalue weighted by Crippen LogP contribution is 2.46. The summed E-state index contributed by atoms with van der Waals surface area (Å²) in [7, 11) is 3.36. The number of hydroxylamine groups is 1. The van der Waals surface area contributed by atoms with Crippen molar-refractivity contribution in [3.05, 3.63) is 40.8 Å². The molecule has 0 bridgehead atoms. The Morgan fingerprint density at radius 1 is 1.24 bits per heavy atom. The van der Waals surface area contributed by atoms with Crippen LogP contribution in [0.15, 0.2) is 18.2 Å². The van der Waals surface area contributed by atoms with Gasteiger partial charge in [-0.3, -0.25) is 4.84 Å². The Labute approximate surface area is 201 Å². The maximum absolute atomic E-state index is 14.3. The molecular formula is C25H34FN3O3S. The molecule has 6 nitrogen and oxygen atoms in total. The summed E-state index contributed by atoms with van der Waals surface area (Å²) < 4.78 is 22.1. The molecule has 1 aromatic heterocycles. The molecule has 0 saturated carbocycles. The van der Waals surface area contributed by atoms with Gasteiger partial charge in [-0.25, -0.2) is 19.4 Å². The minimum Gasteiger partial charge on any atom is -0.300 e. The average molecular weight is 476 g/mol. The third-order valence-electron chi connectivity index (χ3n) is 6.32. The zero-order valence-corrected chi connectivity index (χ0v) is 21.3. The first kappa shape index (κ1) is 26.9. The molecule has 1 aliphatic rings. The molecule has 0 spiro atoms. The summed E-state index contributed by atoms with van der Waals surface area (Å²) in [5.74, 6) is 1.44. The summed E-state index contributed by atoms with van der Waals surface area (Å²) in [6.45, 7) is 10.2. The number of ketones is 1. The van der Waals surface area contributed by atoms with Crippen molar-refractivity contribution in [1.29, 1.82) is 0 Å². The molecule has 0 radical (unpaired) electrons. The van der Waals surface area contributed by atoms with Gasteiger partial charge in [0.2, 0.25) is 5.95 Å². The summed E-state index contributed by atoms with van der Waals surface area (Å²) in [6, 6.07) is 5.01. The molecule has 3 rings (SSSR count). The van der Waals surface area contributed by atoms with Crippen LogP contribution in [0.1, 0.15) is 76.1 Å². The second-order valence-electron chi connectivity index (χ2n) is 9.34. The number of nitrogens with zero attached hydrogens (tertiary/aromatic N) is 3. The van der Waals surface area contributed by atoms with E-state index in [9.17, 15) is 9.18 Å². The van der Waals surface area contributed by atoms with Gasteiger partial charge in [0, 0.05) is 24.6 Å². The standard InChI is InChI=1S/C25H34FN3O2.OS/c1-14(2)23-22-13-20(16(4)10-15(3)11-17(5)30)21-12-18(26)8-9-19(21)24(22)28-25(27-23)29(6)31-7;1-2/h8-9,12,14-16,20H,10-11,13H2,1-7H3;/t15-,16+,20-;/m1./s1. The second kappa shape index (κ2) is 11.7. The van der Waals surface area contributed by atoms with Crippen LogP contribution >= 0.6 is 0 Å². The van der Waals surface area contributed by atoms with Crippen LogP contribution in [0.5, 0.6) is 0 Å². The number of carbonyl (C=O) groups excluding carboxylic acids is 1. The van der Waals surface area contributed by atoms with Gasteiger partial charge >= 0.3 is 0 Å². The second-order valence-corrected chi connectivity index (χ2v) is 9.34. The van der Waals surface area contributed by atoms with E-state index in [-0.39, 0.29) is 23.4 Å². The maximum Gasteiger partial charge on any atom is 0.250 e. The number of fused-ring (bicyclic) bond motifs is 3. The van der Waals surface area contributed by atoms with E-state index in [4.69, 9.17) is 19.0 Å². The molecule has 0 unspecified atom stereocenters. The number of anilines is 1. The number of hydrogen-bond donors (Lipinski definition) is 0. The third-order valence-corrected chi connectivity index (χ3v) is 6.32. The maximum atomic E-state index is 14.3. The summed E-state index contributed by atoms with van der Waals surface area (Å²) in [6.07, 6.45) is 2.26. The van der Waals surface area contributed by atoms with E-state index in [1.807, 2.05) is 6.07 Å². The van der Waals surface area contributed by atoms with E-state index in [1.165, 1.54) is 6.07 Å². The normalized spacial score (nSPS) is 16.2. The number of benzene rings is 1. The summed E-state index contributed by atoms with van der Waals surface area (Å²) in [4.78, 5) is 26.5. The Balaban J connectivity index is 0.00000187. The monoisotopic (exact) mass is 475 g/mol. The predicted octanol–water partition coefficient (Wildman–Crippen LogP) is 5.35. The molecule has 1 heterocycles. The highest BCUT2D eigenvalue weighted by atomic mass is 32.1. The lowest BCUT2D eigenvalue weighted by Crippen LogP contribution is -2.25. The van der Waals surface area contributed by atoms with E-state index < -0.39 is 0 Å². The van der Waals surface area contributed by atoms with Crippen molar-refractivity contribution in [2.24, 2.45) is 11.8 Å². The van der Waals surface area contributed by atoms with Gasteiger partial charge in [-0.2, -0.15) is 4.21 Å². The van der Waals surface area contributed by atoms with Gasteiger partial charge in [-0.05, 0) is 67.2 Å². The van der Waals surface area contributed by atoms with Crippen LogP contribution < -0.4 is 5.06 Å². The Morgan fingerprint density at radius 2 is 1.91 bits per heavy atom. The largest absolute Gasteiger partial charge is 0.300 e. The Morgan fingerprint density at radius 3 is 2.48 bits per heavy atom. The van der Waals surface area contributed by atoms with E-state index in [1.54, 1.807) is 32.2 Å². The molecule has 0 saturated heterocycles. The van der Waals surface area contributed by atoms with Gasteiger partial charge in [0.25, 0.3) is 0 Å². The van der Waals surface area contributed by atoms with Crippen molar-refractivity contribution in [3.8, 4) is 11.3 Å². The lowest BCUT2D eigenvalue weighted by molar-refractivity contribution is -0.117. The van der Waals surface area contributed by atoms with Crippen molar-refractivity contribution in [2.45, 2.75) is 65.7 Å². The topological polar surface area (TPSA) is 72.4 Å². The third kappa shape index (κ3) is 6.18. The SMILES string of the molecule is CON(C)c1nc2c(c(C(C)C)n1)C[C@H]([C@@H](C)C[C@@H](C)CC(C)=O)c1cc(F)ccc1-2.O=S. The first-order valence-electron chi connectivity index (χ1n) is 11.3. The number of aromatic nitrogens is 2. The fourth-order valence-electron chi connectivity index (χ4n) is 4.88. The van der Waals surface area contributed by atoms with Gasteiger partial charge in [-0.1, -0.05) is 27.7 Å². The lowest BCUT2D eigenvalue weighted by Gasteiger charge is -2.34. The molecule has 3 atom stereocenters. The molecule has 33 heavy (non-hydrogen) atoms. The molecule has 1 aromatic carbocycles. The Kier molecular flexibility index (Phi) is 9.55. The van der Waals surface area contributed by atoms with Crippen molar-refractivity contribution >= 4 is 24.3 Å². The van der Waals surface area contributed by atoms with E-state index >= 15 is 0 Å². The van der Waals surface area contributed by atoms with Crippen molar-refractivity contribution in [1.82, 2.24) is 9.97 Å².